The van der Waals surface area contributed by atoms with Gasteiger partial charge in [0, 0.05) is 18.3 Å². The van der Waals surface area contributed by atoms with Crippen LogP contribution in [0.5, 0.6) is 0 Å². The molecule has 2 aromatic carbocycles. The van der Waals surface area contributed by atoms with Gasteiger partial charge in [0.2, 0.25) is 5.91 Å². The molecule has 0 heterocycles. The summed E-state index contributed by atoms with van der Waals surface area (Å²) in [6.45, 7) is 4.95. The van der Waals surface area contributed by atoms with Crippen molar-refractivity contribution in [2.45, 2.75) is 27.2 Å². The highest BCUT2D eigenvalue weighted by molar-refractivity contribution is 5.96. The maximum absolute atomic E-state index is 12.1. The molecule has 0 fully saturated rings. The van der Waals surface area contributed by atoms with E-state index in [2.05, 4.69) is 10.6 Å². The molecule has 136 valence electrons. The van der Waals surface area contributed by atoms with Crippen LogP contribution in [0.3, 0.4) is 0 Å². The number of carbonyl (C=O) groups is 3. The van der Waals surface area contributed by atoms with Gasteiger partial charge in [0.05, 0.1) is 5.56 Å². The Labute approximate surface area is 152 Å². The average Bonchev–Trinajstić information content (AvgIpc) is 2.61. The van der Waals surface area contributed by atoms with Crippen molar-refractivity contribution in [3.8, 4) is 0 Å². The molecule has 0 aromatic heterocycles. The van der Waals surface area contributed by atoms with Gasteiger partial charge < -0.3 is 15.4 Å². The van der Waals surface area contributed by atoms with Crippen LogP contribution in [0.25, 0.3) is 0 Å². The first-order valence-electron chi connectivity index (χ1n) is 8.33. The standard InChI is InChI=1S/C20H22N2O4/c1-4-15-7-5-6-13(2)19(15)22-18(24)12-26-20(25)16-8-10-17(11-9-16)21-14(3)23/h5-11H,4,12H2,1-3H3,(H,21,23)(H,22,24). The van der Waals surface area contributed by atoms with Crippen molar-refractivity contribution >= 4 is 29.2 Å². The maximum Gasteiger partial charge on any atom is 0.338 e. The summed E-state index contributed by atoms with van der Waals surface area (Å²) in [5, 5.41) is 5.41. The molecule has 0 radical (unpaired) electrons. The minimum atomic E-state index is -0.602. The van der Waals surface area contributed by atoms with E-state index >= 15 is 0 Å². The molecule has 0 aliphatic rings. The Morgan fingerprint density at radius 1 is 1.00 bits per heavy atom. The number of esters is 1. The Bertz CT molecular complexity index is 813. The van der Waals surface area contributed by atoms with E-state index in [0.29, 0.717) is 11.3 Å². The minimum absolute atomic E-state index is 0.195. The number of para-hydroxylation sites is 1. The van der Waals surface area contributed by atoms with E-state index in [-0.39, 0.29) is 12.5 Å². The number of aryl methyl sites for hydroxylation is 2. The SMILES string of the molecule is CCc1cccc(C)c1NC(=O)COC(=O)c1ccc(NC(C)=O)cc1. The van der Waals surface area contributed by atoms with E-state index in [1.165, 1.54) is 19.1 Å². The molecule has 6 nitrogen and oxygen atoms in total. The largest absolute Gasteiger partial charge is 0.452 e. The molecule has 0 aliphatic carbocycles. The molecular formula is C20H22N2O4. The highest BCUT2D eigenvalue weighted by Crippen LogP contribution is 2.21. The van der Waals surface area contributed by atoms with Crippen LogP contribution < -0.4 is 10.6 Å². The van der Waals surface area contributed by atoms with Crippen LogP contribution in [-0.4, -0.2) is 24.4 Å². The summed E-state index contributed by atoms with van der Waals surface area (Å²) >= 11 is 0. The Hall–Kier alpha value is -3.15. The topological polar surface area (TPSA) is 84.5 Å². The molecule has 0 unspecified atom stereocenters. The fourth-order valence-electron chi connectivity index (χ4n) is 2.48. The van der Waals surface area contributed by atoms with Gasteiger partial charge in [-0.05, 0) is 48.7 Å². The van der Waals surface area contributed by atoms with E-state index in [1.54, 1.807) is 12.1 Å². The van der Waals surface area contributed by atoms with E-state index in [4.69, 9.17) is 4.74 Å². The average molecular weight is 354 g/mol. The summed E-state index contributed by atoms with van der Waals surface area (Å²) in [4.78, 5) is 35.1. The van der Waals surface area contributed by atoms with Crippen molar-refractivity contribution < 1.29 is 19.1 Å². The number of amides is 2. The molecule has 0 bridgehead atoms. The third-order valence-electron chi connectivity index (χ3n) is 3.78. The Morgan fingerprint density at radius 3 is 2.31 bits per heavy atom. The molecule has 2 aromatic rings. The summed E-state index contributed by atoms with van der Waals surface area (Å²) in [6, 6.07) is 12.1. The Balaban J connectivity index is 1.93. The molecule has 0 aliphatic heterocycles. The molecule has 6 heteroatoms. The third kappa shape index (κ3) is 5.17. The summed E-state index contributed by atoms with van der Waals surface area (Å²) in [7, 11) is 0. The number of ether oxygens (including phenoxy) is 1. The molecule has 0 saturated heterocycles. The molecule has 0 atom stereocenters. The molecular weight excluding hydrogens is 332 g/mol. The lowest BCUT2D eigenvalue weighted by molar-refractivity contribution is -0.119. The minimum Gasteiger partial charge on any atom is -0.452 e. The van der Waals surface area contributed by atoms with Gasteiger partial charge in [-0.15, -0.1) is 0 Å². The van der Waals surface area contributed by atoms with Gasteiger partial charge in [-0.3, -0.25) is 9.59 Å². The first kappa shape index (κ1) is 19.2. The lowest BCUT2D eigenvalue weighted by Crippen LogP contribution is -2.22. The predicted octanol–water partition coefficient (Wildman–Crippen LogP) is 3.31. The number of nitrogens with one attached hydrogen (secondary N) is 2. The first-order chi connectivity index (χ1) is 12.4. The number of hydrogen-bond donors (Lipinski definition) is 2. The second-order valence-electron chi connectivity index (χ2n) is 5.85. The number of carbonyl (C=O) groups excluding carboxylic acids is 3. The van der Waals surface area contributed by atoms with Crippen LogP contribution in [-0.2, 0) is 20.7 Å². The van der Waals surface area contributed by atoms with E-state index < -0.39 is 11.9 Å². The Morgan fingerprint density at radius 2 is 1.69 bits per heavy atom. The van der Waals surface area contributed by atoms with E-state index in [0.717, 1.165) is 23.2 Å². The fraction of sp³-hybridized carbons (Fsp3) is 0.250. The summed E-state index contributed by atoms with van der Waals surface area (Å²) in [5.74, 6) is -1.19. The lowest BCUT2D eigenvalue weighted by atomic mass is 10.1. The molecule has 2 amide bonds. The van der Waals surface area contributed by atoms with Crippen molar-refractivity contribution in [2.75, 3.05) is 17.2 Å². The molecule has 26 heavy (non-hydrogen) atoms. The first-order valence-corrected chi connectivity index (χ1v) is 8.33. The smallest absolute Gasteiger partial charge is 0.338 e. The van der Waals surface area contributed by atoms with E-state index in [1.807, 2.05) is 32.0 Å². The fourth-order valence-corrected chi connectivity index (χ4v) is 2.48. The molecule has 0 saturated carbocycles. The van der Waals surface area contributed by atoms with Crippen LogP contribution in [0.4, 0.5) is 11.4 Å². The van der Waals surface area contributed by atoms with Crippen molar-refractivity contribution in [1.29, 1.82) is 0 Å². The number of rotatable bonds is 6. The second kappa shape index (κ2) is 8.80. The highest BCUT2D eigenvalue weighted by atomic mass is 16.5. The zero-order valence-electron chi connectivity index (χ0n) is 15.1. The predicted molar refractivity (Wildman–Crippen MR) is 100 cm³/mol. The second-order valence-corrected chi connectivity index (χ2v) is 5.85. The molecule has 2 rings (SSSR count). The van der Waals surface area contributed by atoms with Gasteiger partial charge in [0.15, 0.2) is 6.61 Å². The molecule has 2 N–H and O–H groups in total. The van der Waals surface area contributed by atoms with Crippen LogP contribution in [0.2, 0.25) is 0 Å². The lowest BCUT2D eigenvalue weighted by Gasteiger charge is -2.13. The normalized spacial score (nSPS) is 10.1. The van der Waals surface area contributed by atoms with Gasteiger partial charge >= 0.3 is 5.97 Å². The van der Waals surface area contributed by atoms with Crippen molar-refractivity contribution in [2.24, 2.45) is 0 Å². The van der Waals surface area contributed by atoms with Crippen molar-refractivity contribution in [3.05, 3.63) is 59.2 Å². The number of hydrogen-bond acceptors (Lipinski definition) is 4. The summed E-state index contributed by atoms with van der Waals surface area (Å²) < 4.78 is 5.06. The number of benzene rings is 2. The van der Waals surface area contributed by atoms with Gasteiger partial charge in [0.1, 0.15) is 0 Å². The van der Waals surface area contributed by atoms with Gasteiger partial charge in [-0.2, -0.15) is 0 Å². The zero-order valence-corrected chi connectivity index (χ0v) is 15.1. The van der Waals surface area contributed by atoms with Crippen LogP contribution in [0.15, 0.2) is 42.5 Å². The zero-order chi connectivity index (χ0) is 19.1. The maximum atomic E-state index is 12.1. The summed E-state index contributed by atoms with van der Waals surface area (Å²) in [5.41, 5.74) is 3.63. The highest BCUT2D eigenvalue weighted by Gasteiger charge is 2.13. The monoisotopic (exact) mass is 354 g/mol. The molecule has 0 spiro atoms. The Kier molecular flexibility index (Phi) is 6.49. The van der Waals surface area contributed by atoms with Gasteiger partial charge in [-0.1, -0.05) is 25.1 Å². The quantitative estimate of drug-likeness (QED) is 0.780. The third-order valence-corrected chi connectivity index (χ3v) is 3.78. The van der Waals surface area contributed by atoms with Crippen molar-refractivity contribution in [1.82, 2.24) is 0 Å². The summed E-state index contributed by atoms with van der Waals surface area (Å²) in [6.07, 6.45) is 0.789. The van der Waals surface area contributed by atoms with Crippen LogP contribution in [0, 0.1) is 6.92 Å². The number of anilines is 2. The van der Waals surface area contributed by atoms with Crippen LogP contribution >= 0.6 is 0 Å². The van der Waals surface area contributed by atoms with E-state index in [9.17, 15) is 14.4 Å². The van der Waals surface area contributed by atoms with Gasteiger partial charge in [-0.25, -0.2) is 4.79 Å². The van der Waals surface area contributed by atoms with Crippen LogP contribution in [0.1, 0.15) is 35.3 Å². The van der Waals surface area contributed by atoms with Gasteiger partial charge in [0.25, 0.3) is 5.91 Å². The van der Waals surface area contributed by atoms with Crippen molar-refractivity contribution in [3.63, 3.8) is 0 Å².